The summed E-state index contributed by atoms with van der Waals surface area (Å²) in [6, 6.07) is 15.1. The fourth-order valence-electron chi connectivity index (χ4n) is 3.70. The highest BCUT2D eigenvalue weighted by molar-refractivity contribution is 5.87. The van der Waals surface area contributed by atoms with E-state index in [0.29, 0.717) is 38.1 Å². The molecule has 6 nitrogen and oxygen atoms in total. The highest BCUT2D eigenvalue weighted by atomic mass is 16.7. The Morgan fingerprint density at radius 1 is 1.03 bits per heavy atom. The van der Waals surface area contributed by atoms with Crippen molar-refractivity contribution in [3.05, 3.63) is 59.7 Å². The topological polar surface area (TPSA) is 67.9 Å². The molecule has 0 bridgehead atoms. The van der Waals surface area contributed by atoms with Crippen molar-refractivity contribution in [1.29, 1.82) is 0 Å². The van der Waals surface area contributed by atoms with Crippen molar-refractivity contribution < 1.29 is 19.1 Å². The fraction of sp³-hybridized carbons (Fsp3) is 0.440. The summed E-state index contributed by atoms with van der Waals surface area (Å²) in [7, 11) is 0. The van der Waals surface area contributed by atoms with Crippen LogP contribution in [0.5, 0.6) is 11.5 Å². The van der Waals surface area contributed by atoms with E-state index < -0.39 is 6.04 Å². The minimum absolute atomic E-state index is 0.0287. The largest absolute Gasteiger partial charge is 0.454 e. The molecule has 3 rings (SSSR count). The molecular formula is C25H32N2O4. The van der Waals surface area contributed by atoms with Crippen molar-refractivity contribution >= 4 is 11.8 Å². The number of nitrogens with one attached hydrogen (secondary N) is 1. The summed E-state index contributed by atoms with van der Waals surface area (Å²) in [5.74, 6) is 1.34. The molecule has 166 valence electrons. The number of ether oxygens (including phenoxy) is 2. The highest BCUT2D eigenvalue weighted by Crippen LogP contribution is 2.32. The molecule has 2 amide bonds. The van der Waals surface area contributed by atoms with Gasteiger partial charge in [-0.25, -0.2) is 0 Å². The molecule has 0 fully saturated rings. The minimum Gasteiger partial charge on any atom is -0.454 e. The second kappa shape index (κ2) is 11.4. The Morgan fingerprint density at radius 3 is 2.55 bits per heavy atom. The van der Waals surface area contributed by atoms with E-state index in [1.807, 2.05) is 55.5 Å². The fourth-order valence-corrected chi connectivity index (χ4v) is 3.70. The maximum Gasteiger partial charge on any atom is 0.242 e. The van der Waals surface area contributed by atoms with Crippen LogP contribution in [0.1, 0.15) is 50.7 Å². The molecule has 0 aromatic heterocycles. The van der Waals surface area contributed by atoms with Gasteiger partial charge in [0.2, 0.25) is 18.6 Å². The van der Waals surface area contributed by atoms with E-state index in [-0.39, 0.29) is 18.6 Å². The Bertz CT molecular complexity index is 869. The molecule has 6 heteroatoms. The van der Waals surface area contributed by atoms with Crippen molar-refractivity contribution in [3.8, 4) is 11.5 Å². The van der Waals surface area contributed by atoms with Crippen LogP contribution in [0.4, 0.5) is 0 Å². The zero-order valence-electron chi connectivity index (χ0n) is 18.4. The number of carbonyl (C=O) groups excluding carboxylic acids is 2. The lowest BCUT2D eigenvalue weighted by Gasteiger charge is -2.31. The van der Waals surface area contributed by atoms with Crippen LogP contribution in [-0.4, -0.2) is 36.1 Å². The van der Waals surface area contributed by atoms with Crippen molar-refractivity contribution in [2.75, 3.05) is 13.3 Å². The van der Waals surface area contributed by atoms with Crippen LogP contribution in [-0.2, 0) is 22.6 Å². The standard InChI is InChI=1S/C25H32N2O4/c1-3-5-15-26-25(29)21(4-2)27(17-20-9-7-6-8-10-20)24(28)14-12-19-11-13-22-23(16-19)31-18-30-22/h6-11,13,16,21H,3-5,12,14-15,17-18H2,1-2H3,(H,26,29). The maximum absolute atomic E-state index is 13.3. The summed E-state index contributed by atoms with van der Waals surface area (Å²) >= 11 is 0. The van der Waals surface area contributed by atoms with E-state index in [2.05, 4.69) is 12.2 Å². The van der Waals surface area contributed by atoms with Gasteiger partial charge < -0.3 is 19.7 Å². The zero-order valence-corrected chi connectivity index (χ0v) is 18.4. The summed E-state index contributed by atoms with van der Waals surface area (Å²) in [5.41, 5.74) is 2.02. The molecule has 31 heavy (non-hydrogen) atoms. The average molecular weight is 425 g/mol. The molecule has 0 saturated carbocycles. The Morgan fingerprint density at radius 2 is 1.81 bits per heavy atom. The van der Waals surface area contributed by atoms with Gasteiger partial charge in [-0.15, -0.1) is 0 Å². The first kappa shape index (κ1) is 22.7. The van der Waals surface area contributed by atoms with Crippen LogP contribution in [0, 0.1) is 0 Å². The smallest absolute Gasteiger partial charge is 0.242 e. The van der Waals surface area contributed by atoms with Gasteiger partial charge in [-0.3, -0.25) is 9.59 Å². The van der Waals surface area contributed by atoms with E-state index in [4.69, 9.17) is 9.47 Å². The molecule has 0 spiro atoms. The van der Waals surface area contributed by atoms with Gasteiger partial charge in [0.1, 0.15) is 6.04 Å². The monoisotopic (exact) mass is 424 g/mol. The van der Waals surface area contributed by atoms with Crippen LogP contribution < -0.4 is 14.8 Å². The van der Waals surface area contributed by atoms with Crippen molar-refractivity contribution in [3.63, 3.8) is 0 Å². The van der Waals surface area contributed by atoms with Gasteiger partial charge in [0.25, 0.3) is 0 Å². The van der Waals surface area contributed by atoms with Crippen molar-refractivity contribution in [1.82, 2.24) is 10.2 Å². The SMILES string of the molecule is CCCCNC(=O)C(CC)N(Cc1ccccc1)C(=O)CCc1ccc2c(c1)OCO2. The first-order chi connectivity index (χ1) is 15.1. The summed E-state index contributed by atoms with van der Waals surface area (Å²) in [6.07, 6.45) is 3.42. The second-order valence-corrected chi connectivity index (χ2v) is 7.76. The highest BCUT2D eigenvalue weighted by Gasteiger charge is 2.28. The van der Waals surface area contributed by atoms with E-state index in [1.54, 1.807) is 4.90 Å². The number of hydrogen-bond acceptors (Lipinski definition) is 4. The quantitative estimate of drug-likeness (QED) is 0.552. The minimum atomic E-state index is -0.485. The average Bonchev–Trinajstić information content (AvgIpc) is 3.26. The summed E-state index contributed by atoms with van der Waals surface area (Å²) < 4.78 is 10.8. The molecule has 1 unspecified atom stereocenters. The zero-order chi connectivity index (χ0) is 22.1. The molecule has 0 saturated heterocycles. The Balaban J connectivity index is 1.70. The number of nitrogens with zero attached hydrogens (tertiary/aromatic N) is 1. The first-order valence-electron chi connectivity index (χ1n) is 11.1. The Labute approximate surface area is 184 Å². The van der Waals surface area contributed by atoms with Crippen LogP contribution >= 0.6 is 0 Å². The second-order valence-electron chi connectivity index (χ2n) is 7.76. The van der Waals surface area contributed by atoms with Crippen LogP contribution in [0.2, 0.25) is 0 Å². The number of amides is 2. The molecule has 1 heterocycles. The van der Waals surface area contributed by atoms with Gasteiger partial charge in [0, 0.05) is 19.5 Å². The number of fused-ring (bicyclic) bond motifs is 1. The number of carbonyl (C=O) groups is 2. The van der Waals surface area contributed by atoms with Gasteiger partial charge in [-0.1, -0.05) is 56.7 Å². The van der Waals surface area contributed by atoms with Gasteiger partial charge in [0.15, 0.2) is 11.5 Å². The van der Waals surface area contributed by atoms with Gasteiger partial charge in [-0.2, -0.15) is 0 Å². The third-order valence-corrected chi connectivity index (χ3v) is 5.48. The third kappa shape index (κ3) is 6.23. The molecule has 1 atom stereocenters. The molecule has 1 aliphatic heterocycles. The van der Waals surface area contributed by atoms with Crippen LogP contribution in [0.3, 0.4) is 0 Å². The number of benzene rings is 2. The van der Waals surface area contributed by atoms with Crippen molar-refractivity contribution in [2.45, 2.75) is 58.5 Å². The normalized spacial score (nSPS) is 13.0. The van der Waals surface area contributed by atoms with E-state index in [1.165, 1.54) is 0 Å². The summed E-state index contributed by atoms with van der Waals surface area (Å²) in [4.78, 5) is 27.9. The summed E-state index contributed by atoms with van der Waals surface area (Å²) in [5, 5.41) is 2.99. The Hall–Kier alpha value is -3.02. The molecule has 2 aromatic rings. The predicted molar refractivity (Wildman–Crippen MR) is 120 cm³/mol. The van der Waals surface area contributed by atoms with E-state index in [9.17, 15) is 9.59 Å². The lowest BCUT2D eigenvalue weighted by atomic mass is 10.1. The van der Waals surface area contributed by atoms with Gasteiger partial charge in [0.05, 0.1) is 0 Å². The van der Waals surface area contributed by atoms with E-state index >= 15 is 0 Å². The molecule has 1 aliphatic rings. The third-order valence-electron chi connectivity index (χ3n) is 5.48. The molecular weight excluding hydrogens is 392 g/mol. The van der Waals surface area contributed by atoms with Crippen LogP contribution in [0.25, 0.3) is 0 Å². The predicted octanol–water partition coefficient (Wildman–Crippen LogP) is 4.07. The van der Waals surface area contributed by atoms with E-state index in [0.717, 1.165) is 29.7 Å². The number of aryl methyl sites for hydroxylation is 1. The molecule has 0 aliphatic carbocycles. The summed E-state index contributed by atoms with van der Waals surface area (Å²) in [6.45, 7) is 5.32. The first-order valence-corrected chi connectivity index (χ1v) is 11.1. The number of unbranched alkanes of at least 4 members (excludes halogenated alkanes) is 1. The number of hydrogen-bond donors (Lipinski definition) is 1. The lowest BCUT2D eigenvalue weighted by molar-refractivity contribution is -0.141. The van der Waals surface area contributed by atoms with Crippen LogP contribution in [0.15, 0.2) is 48.5 Å². The van der Waals surface area contributed by atoms with Gasteiger partial charge in [-0.05, 0) is 42.5 Å². The number of rotatable bonds is 11. The molecule has 0 radical (unpaired) electrons. The van der Waals surface area contributed by atoms with Crippen molar-refractivity contribution in [2.24, 2.45) is 0 Å². The molecule has 2 aromatic carbocycles. The van der Waals surface area contributed by atoms with Gasteiger partial charge >= 0.3 is 0 Å². The molecule has 1 N–H and O–H groups in total. The lowest BCUT2D eigenvalue weighted by Crippen LogP contribution is -2.49. The Kier molecular flexibility index (Phi) is 8.33. The maximum atomic E-state index is 13.3.